The lowest BCUT2D eigenvalue weighted by Gasteiger charge is -2.16. The summed E-state index contributed by atoms with van der Waals surface area (Å²) in [4.78, 5) is 36.6. The van der Waals surface area contributed by atoms with Crippen LogP contribution in [0.15, 0.2) is 29.3 Å². The zero-order valence-electron chi connectivity index (χ0n) is 15.8. The number of rotatable bonds is 9. The molecule has 1 fully saturated rings. The van der Waals surface area contributed by atoms with Crippen molar-refractivity contribution in [3.8, 4) is 11.5 Å². The van der Waals surface area contributed by atoms with Crippen LogP contribution in [0.4, 0.5) is 0 Å². The second-order valence-electron chi connectivity index (χ2n) is 5.92. The first kappa shape index (κ1) is 21.6. The molecule has 0 spiro atoms. The summed E-state index contributed by atoms with van der Waals surface area (Å²) in [5, 5.41) is 10.3. The van der Waals surface area contributed by atoms with Crippen molar-refractivity contribution in [1.29, 1.82) is 0 Å². The highest BCUT2D eigenvalue weighted by atomic mass is 32.2. The third-order valence-electron chi connectivity index (χ3n) is 4.00. The molecule has 0 atom stereocenters. The van der Waals surface area contributed by atoms with Gasteiger partial charge in [-0.25, -0.2) is 4.79 Å². The minimum Gasteiger partial charge on any atom is -0.504 e. The van der Waals surface area contributed by atoms with Crippen LogP contribution in [0.25, 0.3) is 0 Å². The third-order valence-corrected chi connectivity index (χ3v) is 5.03. The number of phenols is 1. The number of phenolic OH excluding ortho intramolecular Hbond substituents is 1. The number of hydrogen-bond donors (Lipinski definition) is 1. The number of benzene rings is 1. The fourth-order valence-corrected chi connectivity index (χ4v) is 3.50. The molecule has 1 aliphatic heterocycles. The van der Waals surface area contributed by atoms with E-state index in [4.69, 9.17) is 9.47 Å². The van der Waals surface area contributed by atoms with Gasteiger partial charge in [0.2, 0.25) is 5.91 Å². The number of hydrogen-bond acceptors (Lipinski definition) is 8. The van der Waals surface area contributed by atoms with Crippen molar-refractivity contribution in [2.75, 3.05) is 33.1 Å². The highest BCUT2D eigenvalue weighted by Crippen LogP contribution is 2.29. The van der Waals surface area contributed by atoms with Gasteiger partial charge in [0.15, 0.2) is 11.5 Å². The minimum absolute atomic E-state index is 0.0253. The molecule has 0 radical (unpaired) electrons. The van der Waals surface area contributed by atoms with Gasteiger partial charge in [0.05, 0.1) is 37.7 Å². The molecule has 2 rings (SSSR count). The number of ether oxygens (including phenoxy) is 3. The van der Waals surface area contributed by atoms with Crippen LogP contribution < -0.4 is 4.74 Å². The summed E-state index contributed by atoms with van der Waals surface area (Å²) in [6, 6.07) is 4.97. The van der Waals surface area contributed by atoms with E-state index in [2.05, 4.69) is 4.74 Å². The largest absolute Gasteiger partial charge is 0.504 e. The number of methoxy groups -OCH3 is 2. The van der Waals surface area contributed by atoms with E-state index in [1.165, 1.54) is 37.0 Å². The Morgan fingerprint density at radius 2 is 2.11 bits per heavy atom. The molecule has 1 aromatic rings. The van der Waals surface area contributed by atoms with Crippen LogP contribution >= 0.6 is 11.8 Å². The maximum atomic E-state index is 11.9. The number of amides is 1. The normalized spacial score (nSPS) is 15.0. The Kier molecular flexibility index (Phi) is 8.19. The minimum atomic E-state index is -0.516. The molecule has 0 saturated carbocycles. The highest BCUT2D eigenvalue weighted by molar-refractivity contribution is 8.04. The van der Waals surface area contributed by atoms with Crippen molar-refractivity contribution in [2.24, 2.45) is 0 Å². The van der Waals surface area contributed by atoms with Gasteiger partial charge in [-0.2, -0.15) is 0 Å². The Morgan fingerprint density at radius 1 is 1.32 bits per heavy atom. The standard InChI is InChI=1S/C19H23NO7S/c1-25-15-6-4-13(10-14(15)21)5-7-18(23)27-9-3-8-20-16(22)12-28-17(20)11-19(24)26-2/h4,6,10-11,21H,3,5,7-9,12H2,1-2H3/b17-11+. The van der Waals surface area contributed by atoms with Crippen LogP contribution in [-0.4, -0.2) is 61.0 Å². The van der Waals surface area contributed by atoms with Crippen molar-refractivity contribution in [2.45, 2.75) is 19.3 Å². The smallest absolute Gasteiger partial charge is 0.333 e. The van der Waals surface area contributed by atoms with Crippen LogP contribution in [0, 0.1) is 0 Å². The fourth-order valence-electron chi connectivity index (χ4n) is 2.55. The van der Waals surface area contributed by atoms with Gasteiger partial charge in [-0.05, 0) is 30.5 Å². The number of carbonyl (C=O) groups excluding carboxylic acids is 3. The van der Waals surface area contributed by atoms with Crippen LogP contribution in [0.2, 0.25) is 0 Å². The summed E-state index contributed by atoms with van der Waals surface area (Å²) in [7, 11) is 2.74. The zero-order chi connectivity index (χ0) is 20.5. The van der Waals surface area contributed by atoms with Crippen LogP contribution in [-0.2, 0) is 30.3 Å². The van der Waals surface area contributed by atoms with Gasteiger partial charge in [-0.1, -0.05) is 17.8 Å². The molecule has 152 valence electrons. The molecule has 0 aromatic heterocycles. The molecule has 8 nitrogen and oxygen atoms in total. The van der Waals surface area contributed by atoms with Gasteiger partial charge in [-0.3, -0.25) is 9.59 Å². The molecule has 1 aliphatic rings. The molecule has 9 heteroatoms. The Bertz CT molecular complexity index is 763. The lowest BCUT2D eigenvalue weighted by Crippen LogP contribution is -2.27. The second-order valence-corrected chi connectivity index (χ2v) is 6.92. The molecule has 28 heavy (non-hydrogen) atoms. The SMILES string of the molecule is COC(=O)/C=C1/SCC(=O)N1CCCOC(=O)CCc1ccc(OC)c(O)c1. The summed E-state index contributed by atoms with van der Waals surface area (Å²) in [5.41, 5.74) is 0.799. The van der Waals surface area contributed by atoms with Gasteiger partial charge < -0.3 is 24.2 Å². The van der Waals surface area contributed by atoms with Crippen molar-refractivity contribution >= 4 is 29.6 Å². The maximum absolute atomic E-state index is 11.9. The van der Waals surface area contributed by atoms with E-state index < -0.39 is 5.97 Å². The maximum Gasteiger partial charge on any atom is 0.333 e. The van der Waals surface area contributed by atoms with Crippen LogP contribution in [0.1, 0.15) is 18.4 Å². The molecule has 1 N–H and O–H groups in total. The molecular formula is C19H23NO7S. The van der Waals surface area contributed by atoms with Gasteiger partial charge in [0.25, 0.3) is 0 Å². The summed E-state index contributed by atoms with van der Waals surface area (Å²) in [6.45, 7) is 0.529. The Balaban J connectivity index is 1.72. The number of esters is 2. The van der Waals surface area contributed by atoms with E-state index in [0.29, 0.717) is 30.2 Å². The summed E-state index contributed by atoms with van der Waals surface area (Å²) in [6.07, 6.45) is 2.35. The first-order valence-corrected chi connectivity index (χ1v) is 9.67. The predicted octanol–water partition coefficient (Wildman–Crippen LogP) is 1.86. The molecular weight excluding hydrogens is 386 g/mol. The molecule has 1 heterocycles. The molecule has 1 amide bonds. The Labute approximate surface area is 167 Å². The topological polar surface area (TPSA) is 102 Å². The summed E-state index contributed by atoms with van der Waals surface area (Å²) in [5.74, 6) is -0.289. The van der Waals surface area contributed by atoms with Gasteiger partial charge in [-0.15, -0.1) is 0 Å². The second kappa shape index (κ2) is 10.6. The monoisotopic (exact) mass is 409 g/mol. The van der Waals surface area contributed by atoms with Gasteiger partial charge in [0, 0.05) is 13.0 Å². The fraction of sp³-hybridized carbons (Fsp3) is 0.421. The van der Waals surface area contributed by atoms with E-state index in [-0.39, 0.29) is 36.4 Å². The average molecular weight is 409 g/mol. The lowest BCUT2D eigenvalue weighted by atomic mass is 10.1. The van der Waals surface area contributed by atoms with E-state index in [1.54, 1.807) is 18.2 Å². The molecule has 0 aliphatic carbocycles. The van der Waals surface area contributed by atoms with Crippen molar-refractivity contribution < 1.29 is 33.7 Å². The number of aryl methyl sites for hydroxylation is 1. The van der Waals surface area contributed by atoms with Crippen molar-refractivity contribution in [1.82, 2.24) is 4.90 Å². The number of carbonyl (C=O) groups is 3. The van der Waals surface area contributed by atoms with E-state index >= 15 is 0 Å². The predicted molar refractivity (Wildman–Crippen MR) is 103 cm³/mol. The Morgan fingerprint density at radius 3 is 2.79 bits per heavy atom. The van der Waals surface area contributed by atoms with E-state index in [0.717, 1.165) is 5.56 Å². The summed E-state index contributed by atoms with van der Waals surface area (Å²) < 4.78 is 14.7. The van der Waals surface area contributed by atoms with Gasteiger partial charge >= 0.3 is 11.9 Å². The molecule has 1 aromatic carbocycles. The van der Waals surface area contributed by atoms with Crippen molar-refractivity contribution in [3.63, 3.8) is 0 Å². The lowest BCUT2D eigenvalue weighted by molar-refractivity contribution is -0.143. The number of thioether (sulfide) groups is 1. The first-order valence-electron chi connectivity index (χ1n) is 8.69. The number of aromatic hydroxyl groups is 1. The Hall–Kier alpha value is -2.68. The van der Waals surface area contributed by atoms with Gasteiger partial charge in [0.1, 0.15) is 0 Å². The van der Waals surface area contributed by atoms with Crippen LogP contribution in [0.3, 0.4) is 0 Å². The number of nitrogens with zero attached hydrogens (tertiary/aromatic N) is 1. The first-order chi connectivity index (χ1) is 13.4. The molecule has 0 unspecified atom stereocenters. The average Bonchev–Trinajstić information content (AvgIpc) is 3.03. The zero-order valence-corrected chi connectivity index (χ0v) is 16.6. The van der Waals surface area contributed by atoms with Crippen molar-refractivity contribution in [3.05, 3.63) is 34.9 Å². The third kappa shape index (κ3) is 6.19. The van der Waals surface area contributed by atoms with E-state index in [9.17, 15) is 19.5 Å². The highest BCUT2D eigenvalue weighted by Gasteiger charge is 2.27. The van der Waals surface area contributed by atoms with E-state index in [1.807, 2.05) is 0 Å². The quantitative estimate of drug-likeness (QED) is 0.375. The summed E-state index contributed by atoms with van der Waals surface area (Å²) >= 11 is 1.28. The molecule has 1 saturated heterocycles. The van der Waals surface area contributed by atoms with Crippen LogP contribution in [0.5, 0.6) is 11.5 Å². The molecule has 0 bridgehead atoms.